The molecule has 8 heteroatoms. The lowest BCUT2D eigenvalue weighted by molar-refractivity contribution is -0.126. The molecule has 0 spiro atoms. The highest BCUT2D eigenvalue weighted by atomic mass is 32.2. The van der Waals surface area contributed by atoms with E-state index >= 15 is 0 Å². The molecular weight excluding hydrogens is 404 g/mol. The van der Waals surface area contributed by atoms with Crippen LogP contribution in [0.15, 0.2) is 53.4 Å². The van der Waals surface area contributed by atoms with Gasteiger partial charge >= 0.3 is 0 Å². The first kappa shape index (κ1) is 22.1. The van der Waals surface area contributed by atoms with E-state index in [-0.39, 0.29) is 23.3 Å². The van der Waals surface area contributed by atoms with Gasteiger partial charge in [-0.3, -0.25) is 4.79 Å². The number of rotatable bonds is 8. The molecule has 0 saturated carbocycles. The summed E-state index contributed by atoms with van der Waals surface area (Å²) in [6, 6.07) is 14.0. The number of benzene rings is 2. The summed E-state index contributed by atoms with van der Waals surface area (Å²) in [5, 5.41) is 2.95. The van der Waals surface area contributed by atoms with Gasteiger partial charge in [0.2, 0.25) is 15.9 Å². The number of hydrogen-bond donors (Lipinski definition) is 1. The van der Waals surface area contributed by atoms with Crippen LogP contribution in [0.3, 0.4) is 0 Å². The molecule has 2 aromatic rings. The monoisotopic (exact) mass is 432 g/mol. The third kappa shape index (κ3) is 5.12. The van der Waals surface area contributed by atoms with E-state index in [0.29, 0.717) is 43.9 Å². The molecule has 1 amide bonds. The fourth-order valence-corrected chi connectivity index (χ4v) is 5.17. The lowest BCUT2D eigenvalue weighted by atomic mass is 9.99. The fourth-order valence-electron chi connectivity index (χ4n) is 3.63. The molecule has 0 bridgehead atoms. The Morgan fingerprint density at radius 3 is 2.53 bits per heavy atom. The Morgan fingerprint density at radius 1 is 1.10 bits per heavy atom. The number of nitrogens with zero attached hydrogens (tertiary/aromatic N) is 1. The highest BCUT2D eigenvalue weighted by Crippen LogP contribution is 2.28. The van der Waals surface area contributed by atoms with Crippen LogP contribution in [0.2, 0.25) is 0 Å². The molecule has 1 heterocycles. The second-order valence-corrected chi connectivity index (χ2v) is 9.18. The summed E-state index contributed by atoms with van der Waals surface area (Å²) in [7, 11) is -0.407. The molecule has 1 fully saturated rings. The van der Waals surface area contributed by atoms with Gasteiger partial charge in [0.05, 0.1) is 25.0 Å². The minimum Gasteiger partial charge on any atom is -0.493 e. The van der Waals surface area contributed by atoms with E-state index in [0.717, 1.165) is 5.56 Å². The summed E-state index contributed by atoms with van der Waals surface area (Å²) in [5.41, 5.74) is 1.02. The van der Waals surface area contributed by atoms with E-state index in [1.165, 1.54) is 4.31 Å². The SMILES string of the molecule is COc1ccc(CCNC(=O)[C@@H]2CCCN(S(=O)(=O)c3ccccc3)C2)cc1OC. The van der Waals surface area contributed by atoms with Gasteiger partial charge in [-0.2, -0.15) is 4.31 Å². The first-order valence-electron chi connectivity index (χ1n) is 9.99. The molecule has 1 N–H and O–H groups in total. The van der Waals surface area contributed by atoms with Crippen LogP contribution >= 0.6 is 0 Å². The highest BCUT2D eigenvalue weighted by Gasteiger charge is 2.33. The Balaban J connectivity index is 1.56. The molecule has 7 nitrogen and oxygen atoms in total. The number of ether oxygens (including phenoxy) is 2. The van der Waals surface area contributed by atoms with Crippen LogP contribution in [0.1, 0.15) is 18.4 Å². The molecule has 1 aliphatic heterocycles. The summed E-state index contributed by atoms with van der Waals surface area (Å²) >= 11 is 0. The van der Waals surface area contributed by atoms with Crippen molar-refractivity contribution in [3.05, 3.63) is 54.1 Å². The van der Waals surface area contributed by atoms with Crippen molar-refractivity contribution >= 4 is 15.9 Å². The zero-order valence-electron chi connectivity index (χ0n) is 17.3. The van der Waals surface area contributed by atoms with Crippen LogP contribution in [-0.2, 0) is 21.2 Å². The van der Waals surface area contributed by atoms with E-state index < -0.39 is 10.0 Å². The highest BCUT2D eigenvalue weighted by molar-refractivity contribution is 7.89. The van der Waals surface area contributed by atoms with Crippen molar-refractivity contribution in [3.63, 3.8) is 0 Å². The van der Waals surface area contributed by atoms with Crippen molar-refractivity contribution in [1.82, 2.24) is 9.62 Å². The minimum absolute atomic E-state index is 0.108. The average molecular weight is 433 g/mol. The standard InChI is InChI=1S/C22H28N2O5S/c1-28-20-11-10-17(15-21(20)29-2)12-13-23-22(25)18-7-6-14-24(16-18)30(26,27)19-8-4-3-5-9-19/h3-5,8-11,15,18H,6-7,12-14,16H2,1-2H3,(H,23,25)/t18-/m1/s1. The zero-order valence-corrected chi connectivity index (χ0v) is 18.2. The molecule has 1 saturated heterocycles. The lowest BCUT2D eigenvalue weighted by Crippen LogP contribution is -2.45. The maximum Gasteiger partial charge on any atom is 0.243 e. The number of nitrogens with one attached hydrogen (secondary N) is 1. The molecule has 162 valence electrons. The number of methoxy groups -OCH3 is 2. The fraction of sp³-hybridized carbons (Fsp3) is 0.409. The summed E-state index contributed by atoms with van der Waals surface area (Å²) in [6.45, 7) is 1.11. The van der Waals surface area contributed by atoms with Crippen molar-refractivity contribution in [2.75, 3.05) is 33.9 Å². The molecular formula is C22H28N2O5S. The first-order valence-corrected chi connectivity index (χ1v) is 11.4. The number of sulfonamides is 1. The Morgan fingerprint density at radius 2 is 1.83 bits per heavy atom. The summed E-state index contributed by atoms with van der Waals surface area (Å²) in [6.07, 6.45) is 1.99. The van der Waals surface area contributed by atoms with E-state index in [9.17, 15) is 13.2 Å². The van der Waals surface area contributed by atoms with Crippen LogP contribution in [0.5, 0.6) is 11.5 Å². The van der Waals surface area contributed by atoms with Crippen molar-refractivity contribution in [2.24, 2.45) is 5.92 Å². The third-order valence-electron chi connectivity index (χ3n) is 5.30. The molecule has 1 aliphatic rings. The molecule has 1 atom stereocenters. The molecule has 0 unspecified atom stereocenters. The smallest absolute Gasteiger partial charge is 0.243 e. The molecule has 2 aromatic carbocycles. The molecule has 0 aromatic heterocycles. The van der Waals surface area contributed by atoms with Crippen molar-refractivity contribution in [1.29, 1.82) is 0 Å². The Bertz CT molecular complexity index is 963. The van der Waals surface area contributed by atoms with Gasteiger partial charge in [-0.1, -0.05) is 24.3 Å². The van der Waals surface area contributed by atoms with Crippen molar-refractivity contribution in [3.8, 4) is 11.5 Å². The van der Waals surface area contributed by atoms with E-state index in [2.05, 4.69) is 5.32 Å². The molecule has 0 radical (unpaired) electrons. The summed E-state index contributed by atoms with van der Waals surface area (Å²) in [5.74, 6) is 0.855. The molecule has 3 rings (SSSR count). The number of carbonyl (C=O) groups is 1. The second kappa shape index (κ2) is 9.95. The predicted octanol–water partition coefficient (Wildman–Crippen LogP) is 2.46. The lowest BCUT2D eigenvalue weighted by Gasteiger charge is -2.31. The average Bonchev–Trinajstić information content (AvgIpc) is 2.79. The van der Waals surface area contributed by atoms with Gasteiger partial charge in [-0.15, -0.1) is 0 Å². The largest absolute Gasteiger partial charge is 0.493 e. The second-order valence-electron chi connectivity index (χ2n) is 7.25. The van der Waals surface area contributed by atoms with Gasteiger partial charge in [0.1, 0.15) is 0 Å². The van der Waals surface area contributed by atoms with Gasteiger partial charge in [-0.05, 0) is 49.1 Å². The maximum atomic E-state index is 12.8. The molecule has 30 heavy (non-hydrogen) atoms. The van der Waals surface area contributed by atoms with Gasteiger partial charge in [-0.25, -0.2) is 8.42 Å². The van der Waals surface area contributed by atoms with Gasteiger partial charge < -0.3 is 14.8 Å². The van der Waals surface area contributed by atoms with Gasteiger partial charge in [0.15, 0.2) is 11.5 Å². The predicted molar refractivity (Wildman–Crippen MR) is 114 cm³/mol. The quantitative estimate of drug-likeness (QED) is 0.693. The van der Waals surface area contributed by atoms with Crippen LogP contribution in [-0.4, -0.2) is 52.5 Å². The Kier molecular flexibility index (Phi) is 7.33. The maximum absolute atomic E-state index is 12.8. The topological polar surface area (TPSA) is 84.9 Å². The van der Waals surface area contributed by atoms with Crippen molar-refractivity contribution in [2.45, 2.75) is 24.2 Å². The van der Waals surface area contributed by atoms with Gasteiger partial charge in [0, 0.05) is 19.6 Å². The zero-order chi connectivity index (χ0) is 21.6. The van der Waals surface area contributed by atoms with Crippen molar-refractivity contribution < 1.29 is 22.7 Å². The van der Waals surface area contributed by atoms with Crippen LogP contribution in [0, 0.1) is 5.92 Å². The number of carbonyl (C=O) groups excluding carboxylic acids is 1. The normalized spacial score (nSPS) is 17.3. The van der Waals surface area contributed by atoms with Crippen LogP contribution in [0.25, 0.3) is 0 Å². The molecule has 0 aliphatic carbocycles. The van der Waals surface area contributed by atoms with E-state index in [4.69, 9.17) is 9.47 Å². The number of amides is 1. The van der Waals surface area contributed by atoms with E-state index in [1.807, 2.05) is 18.2 Å². The summed E-state index contributed by atoms with van der Waals surface area (Å²) in [4.78, 5) is 12.9. The van der Waals surface area contributed by atoms with Crippen LogP contribution < -0.4 is 14.8 Å². The first-order chi connectivity index (χ1) is 14.5. The number of hydrogen-bond acceptors (Lipinski definition) is 5. The van der Waals surface area contributed by atoms with Crippen LogP contribution in [0.4, 0.5) is 0 Å². The number of piperidine rings is 1. The Labute approximate surface area is 178 Å². The minimum atomic E-state index is -3.58. The van der Waals surface area contributed by atoms with Gasteiger partial charge in [0.25, 0.3) is 0 Å². The third-order valence-corrected chi connectivity index (χ3v) is 7.18. The Hall–Kier alpha value is -2.58. The summed E-state index contributed by atoms with van der Waals surface area (Å²) < 4.78 is 37.6. The van der Waals surface area contributed by atoms with E-state index in [1.54, 1.807) is 44.6 Å².